The van der Waals surface area contributed by atoms with Crippen molar-refractivity contribution in [2.75, 3.05) is 20.2 Å². The second kappa shape index (κ2) is 8.19. The van der Waals surface area contributed by atoms with Crippen LogP contribution in [-0.2, 0) is 6.54 Å². The Morgan fingerprint density at radius 1 is 1.37 bits per heavy atom. The molecule has 0 aromatic heterocycles. The quantitative estimate of drug-likeness (QED) is 0.567. The molecule has 0 fully saturated rings. The summed E-state index contributed by atoms with van der Waals surface area (Å²) in [7, 11) is 1.95. The lowest BCUT2D eigenvalue weighted by Crippen LogP contribution is -2.20. The number of nitrogens with zero attached hydrogens (tertiary/aromatic N) is 1. The largest absolute Gasteiger partial charge is 0.396 e. The van der Waals surface area contributed by atoms with E-state index in [0.29, 0.717) is 17.7 Å². The van der Waals surface area contributed by atoms with E-state index in [0.717, 1.165) is 25.8 Å². The van der Waals surface area contributed by atoms with Crippen molar-refractivity contribution >= 4 is 17.2 Å². The number of aliphatic hydroxyl groups is 1. The van der Waals surface area contributed by atoms with Crippen LogP contribution in [0, 0.1) is 5.82 Å². The predicted molar refractivity (Wildman–Crippen MR) is 79.6 cm³/mol. The molecule has 0 aliphatic carbocycles. The molecule has 0 amide bonds. The Hall–Kier alpha value is -1.04. The van der Waals surface area contributed by atoms with Gasteiger partial charge in [-0.05, 0) is 51.1 Å². The third kappa shape index (κ3) is 5.63. The number of rotatable bonds is 8. The third-order valence-electron chi connectivity index (χ3n) is 2.97. The molecule has 0 unspecified atom stereocenters. The van der Waals surface area contributed by atoms with Crippen molar-refractivity contribution in [3.8, 4) is 0 Å². The topological polar surface area (TPSA) is 49.5 Å². The number of hydrogen-bond donors (Lipinski definition) is 2. The molecular weight excluding hydrogens is 263 g/mol. The minimum atomic E-state index is -0.234. The van der Waals surface area contributed by atoms with Crippen molar-refractivity contribution in [2.45, 2.75) is 25.8 Å². The zero-order chi connectivity index (χ0) is 14.3. The Bertz CT molecular complexity index is 426. The van der Waals surface area contributed by atoms with Crippen molar-refractivity contribution < 1.29 is 9.50 Å². The van der Waals surface area contributed by atoms with E-state index in [2.05, 4.69) is 4.90 Å². The monoisotopic (exact) mass is 284 g/mol. The van der Waals surface area contributed by atoms with E-state index >= 15 is 0 Å². The molecule has 19 heavy (non-hydrogen) atoms. The fourth-order valence-electron chi connectivity index (χ4n) is 1.89. The lowest BCUT2D eigenvalue weighted by Gasteiger charge is -2.17. The van der Waals surface area contributed by atoms with E-state index in [1.165, 1.54) is 6.07 Å². The number of thiocarbonyl (C=S) groups is 1. The predicted octanol–water partition coefficient (Wildman–Crippen LogP) is 2.05. The highest BCUT2D eigenvalue weighted by molar-refractivity contribution is 7.80. The van der Waals surface area contributed by atoms with Gasteiger partial charge in [-0.3, -0.25) is 0 Å². The number of nitrogens with two attached hydrogens (primary N) is 1. The number of benzene rings is 1. The molecule has 0 bridgehead atoms. The van der Waals surface area contributed by atoms with Gasteiger partial charge in [0.1, 0.15) is 10.8 Å². The Labute approximate surface area is 119 Å². The van der Waals surface area contributed by atoms with Crippen molar-refractivity contribution in [1.82, 2.24) is 4.90 Å². The summed E-state index contributed by atoms with van der Waals surface area (Å²) in [5.74, 6) is -0.234. The van der Waals surface area contributed by atoms with Crippen LogP contribution >= 0.6 is 12.2 Å². The number of aliphatic hydroxyl groups excluding tert-OH is 1. The van der Waals surface area contributed by atoms with Crippen LogP contribution in [0.4, 0.5) is 4.39 Å². The Morgan fingerprint density at radius 3 is 2.74 bits per heavy atom. The average Bonchev–Trinajstić information content (AvgIpc) is 2.37. The lowest BCUT2D eigenvalue weighted by atomic mass is 10.1. The first-order chi connectivity index (χ1) is 9.04. The first kappa shape index (κ1) is 16.0. The van der Waals surface area contributed by atoms with Gasteiger partial charge in [0.05, 0.1) is 0 Å². The molecule has 0 atom stereocenters. The summed E-state index contributed by atoms with van der Waals surface area (Å²) in [4.78, 5) is 2.34. The SMILES string of the molecule is CN(CCCCCO)Cc1cc(C(N)=S)ccc1F. The second-order valence-electron chi connectivity index (χ2n) is 4.69. The van der Waals surface area contributed by atoms with Crippen molar-refractivity contribution in [3.05, 3.63) is 35.1 Å². The van der Waals surface area contributed by atoms with Gasteiger partial charge in [-0.25, -0.2) is 4.39 Å². The summed E-state index contributed by atoms with van der Waals surface area (Å²) in [5.41, 5.74) is 6.85. The van der Waals surface area contributed by atoms with Gasteiger partial charge in [0.15, 0.2) is 0 Å². The van der Waals surface area contributed by atoms with Crippen LogP contribution in [0.3, 0.4) is 0 Å². The van der Waals surface area contributed by atoms with Gasteiger partial charge in [-0.1, -0.05) is 12.2 Å². The van der Waals surface area contributed by atoms with Gasteiger partial charge in [-0.15, -0.1) is 0 Å². The number of unbranched alkanes of at least 4 members (excludes halogenated alkanes) is 2. The Kier molecular flexibility index (Phi) is 6.91. The van der Waals surface area contributed by atoms with E-state index in [9.17, 15) is 4.39 Å². The molecule has 3 nitrogen and oxygen atoms in total. The first-order valence-corrected chi connectivity index (χ1v) is 6.83. The Morgan fingerprint density at radius 2 is 2.11 bits per heavy atom. The molecule has 0 heterocycles. The van der Waals surface area contributed by atoms with Gasteiger partial charge in [0, 0.05) is 24.3 Å². The maximum Gasteiger partial charge on any atom is 0.127 e. The van der Waals surface area contributed by atoms with Crippen LogP contribution in [-0.4, -0.2) is 35.2 Å². The lowest BCUT2D eigenvalue weighted by molar-refractivity contribution is 0.270. The highest BCUT2D eigenvalue weighted by Crippen LogP contribution is 2.13. The summed E-state index contributed by atoms with van der Waals surface area (Å²) in [5, 5.41) is 8.70. The van der Waals surface area contributed by atoms with Gasteiger partial charge in [-0.2, -0.15) is 0 Å². The van der Waals surface area contributed by atoms with Crippen LogP contribution in [0.5, 0.6) is 0 Å². The molecular formula is C14H21FN2OS. The second-order valence-corrected chi connectivity index (χ2v) is 5.13. The maximum atomic E-state index is 13.7. The van der Waals surface area contributed by atoms with Crippen molar-refractivity contribution in [1.29, 1.82) is 0 Å². The van der Waals surface area contributed by atoms with Gasteiger partial charge < -0.3 is 15.7 Å². The van der Waals surface area contributed by atoms with Crippen LogP contribution < -0.4 is 5.73 Å². The molecule has 0 spiro atoms. The maximum absolute atomic E-state index is 13.7. The average molecular weight is 284 g/mol. The fourth-order valence-corrected chi connectivity index (χ4v) is 2.02. The molecule has 0 aliphatic rings. The molecule has 3 N–H and O–H groups in total. The Balaban J connectivity index is 2.55. The van der Waals surface area contributed by atoms with Crippen LogP contribution in [0.25, 0.3) is 0 Å². The summed E-state index contributed by atoms with van der Waals surface area (Å²) < 4.78 is 13.7. The molecule has 0 aliphatic heterocycles. The summed E-state index contributed by atoms with van der Waals surface area (Å²) in [6.07, 6.45) is 2.79. The third-order valence-corrected chi connectivity index (χ3v) is 3.20. The van der Waals surface area contributed by atoms with E-state index in [1.54, 1.807) is 12.1 Å². The van der Waals surface area contributed by atoms with E-state index in [-0.39, 0.29) is 17.4 Å². The molecule has 0 saturated carbocycles. The first-order valence-electron chi connectivity index (χ1n) is 6.42. The molecule has 5 heteroatoms. The van der Waals surface area contributed by atoms with Gasteiger partial charge >= 0.3 is 0 Å². The summed E-state index contributed by atoms with van der Waals surface area (Å²) in [6.45, 7) is 1.63. The minimum Gasteiger partial charge on any atom is -0.396 e. The van der Waals surface area contributed by atoms with E-state index in [4.69, 9.17) is 23.1 Å². The highest BCUT2D eigenvalue weighted by atomic mass is 32.1. The highest BCUT2D eigenvalue weighted by Gasteiger charge is 2.08. The van der Waals surface area contributed by atoms with E-state index in [1.807, 2.05) is 7.05 Å². The normalized spacial score (nSPS) is 10.9. The van der Waals surface area contributed by atoms with Crippen LogP contribution in [0.2, 0.25) is 0 Å². The molecule has 106 valence electrons. The molecule has 1 rings (SSSR count). The zero-order valence-electron chi connectivity index (χ0n) is 11.2. The fraction of sp³-hybridized carbons (Fsp3) is 0.500. The molecule has 1 aromatic rings. The summed E-state index contributed by atoms with van der Waals surface area (Å²) >= 11 is 4.90. The zero-order valence-corrected chi connectivity index (χ0v) is 12.0. The molecule has 1 aromatic carbocycles. The number of halogens is 1. The van der Waals surface area contributed by atoms with Gasteiger partial charge in [0.25, 0.3) is 0 Å². The minimum absolute atomic E-state index is 0.230. The van der Waals surface area contributed by atoms with Crippen LogP contribution in [0.15, 0.2) is 18.2 Å². The molecule has 0 radical (unpaired) electrons. The smallest absolute Gasteiger partial charge is 0.127 e. The van der Waals surface area contributed by atoms with Crippen molar-refractivity contribution in [3.63, 3.8) is 0 Å². The standard InChI is InChI=1S/C14H21FN2OS/c1-17(7-3-2-4-8-18)10-12-9-11(14(16)19)5-6-13(12)15/h5-6,9,18H,2-4,7-8,10H2,1H3,(H2,16,19). The molecule has 0 saturated heterocycles. The van der Waals surface area contributed by atoms with Crippen molar-refractivity contribution in [2.24, 2.45) is 5.73 Å². The summed E-state index contributed by atoms with van der Waals surface area (Å²) in [6, 6.07) is 4.72. The van der Waals surface area contributed by atoms with Gasteiger partial charge in [0.2, 0.25) is 0 Å². The van der Waals surface area contributed by atoms with E-state index < -0.39 is 0 Å². The van der Waals surface area contributed by atoms with Crippen LogP contribution in [0.1, 0.15) is 30.4 Å². The number of hydrogen-bond acceptors (Lipinski definition) is 3.